The first-order chi connectivity index (χ1) is 17.1. The maximum atomic E-state index is 13.2. The molecule has 2 unspecified atom stereocenters. The Morgan fingerprint density at radius 2 is 1.53 bits per heavy atom. The molecular formula is C27H34BrN5O2S. The van der Waals surface area contributed by atoms with Crippen molar-refractivity contribution in [2.45, 2.75) is 65.8 Å². The van der Waals surface area contributed by atoms with Crippen LogP contribution in [0.5, 0.6) is 0 Å². The fourth-order valence-electron chi connectivity index (χ4n) is 3.85. The number of carbonyl (C=O) groups is 2. The Labute approximate surface area is 225 Å². The Kier molecular flexibility index (Phi) is 9.62. The number of carbonyl (C=O) groups excluding carboxylic acids is 2. The molecule has 192 valence electrons. The second-order valence-corrected chi connectivity index (χ2v) is 11.4. The Morgan fingerprint density at radius 1 is 0.917 bits per heavy atom. The summed E-state index contributed by atoms with van der Waals surface area (Å²) in [5.41, 5.74) is 3.86. The highest BCUT2D eigenvalue weighted by molar-refractivity contribution is 9.10. The minimum absolute atomic E-state index is 0.0838. The molecule has 36 heavy (non-hydrogen) atoms. The quantitative estimate of drug-likeness (QED) is 0.249. The van der Waals surface area contributed by atoms with Crippen molar-refractivity contribution in [3.8, 4) is 10.6 Å². The molecule has 0 radical (unpaired) electrons. The van der Waals surface area contributed by atoms with Crippen LogP contribution in [0.1, 0.15) is 70.9 Å². The fourth-order valence-corrected chi connectivity index (χ4v) is 4.87. The molecule has 9 heteroatoms. The molecule has 3 rings (SSSR count). The largest absolute Gasteiger partial charge is 0.326 e. The zero-order valence-corrected chi connectivity index (χ0v) is 24.0. The lowest BCUT2D eigenvalue weighted by molar-refractivity contribution is -0.119. The minimum Gasteiger partial charge on any atom is -0.326 e. The highest BCUT2D eigenvalue weighted by Crippen LogP contribution is 2.32. The summed E-state index contributed by atoms with van der Waals surface area (Å²) in [6.07, 6.45) is 0.721. The Bertz CT molecular complexity index is 1170. The number of urea groups is 1. The minimum atomic E-state index is -0.733. The Hall–Kier alpha value is -2.78. The van der Waals surface area contributed by atoms with Crippen molar-refractivity contribution in [2.75, 3.05) is 10.6 Å². The molecular weight excluding hydrogens is 538 g/mol. The van der Waals surface area contributed by atoms with Crippen LogP contribution in [0.15, 0.2) is 46.9 Å². The van der Waals surface area contributed by atoms with E-state index in [0.29, 0.717) is 10.1 Å². The lowest BCUT2D eigenvalue weighted by Gasteiger charge is -2.25. The molecule has 2 aromatic carbocycles. The van der Waals surface area contributed by atoms with E-state index in [1.165, 1.54) is 11.3 Å². The number of halogens is 1. The van der Waals surface area contributed by atoms with Gasteiger partial charge in [0.2, 0.25) is 11.0 Å². The van der Waals surface area contributed by atoms with Crippen molar-refractivity contribution in [1.29, 1.82) is 0 Å². The standard InChI is InChI=1S/C27H34BrN5O2S/c1-7-17(6)22(24(34)31-27-33-32-25(36-27)18-11-13-19(28)14-12-18)29-26(35)30-23-20(15(2)3)9-8-10-21(23)16(4)5/h8-17,22H,7H2,1-6H3,(H2,29,30,35)(H,31,33,34). The van der Waals surface area contributed by atoms with Crippen LogP contribution in [0.25, 0.3) is 10.6 Å². The number of para-hydroxylation sites is 1. The molecule has 7 nitrogen and oxygen atoms in total. The van der Waals surface area contributed by atoms with Crippen molar-refractivity contribution in [1.82, 2.24) is 15.5 Å². The molecule has 3 amide bonds. The smallest absolute Gasteiger partial charge is 0.319 e. The van der Waals surface area contributed by atoms with Gasteiger partial charge >= 0.3 is 6.03 Å². The van der Waals surface area contributed by atoms with E-state index in [4.69, 9.17) is 0 Å². The second-order valence-electron chi connectivity index (χ2n) is 9.49. The van der Waals surface area contributed by atoms with Gasteiger partial charge in [-0.1, -0.05) is 106 Å². The molecule has 1 heterocycles. The summed E-state index contributed by atoms with van der Waals surface area (Å²) in [5, 5.41) is 18.2. The van der Waals surface area contributed by atoms with E-state index >= 15 is 0 Å². The fraction of sp³-hybridized carbons (Fsp3) is 0.407. The van der Waals surface area contributed by atoms with Gasteiger partial charge < -0.3 is 10.6 Å². The van der Waals surface area contributed by atoms with Gasteiger partial charge in [-0.3, -0.25) is 10.1 Å². The Morgan fingerprint density at radius 3 is 2.08 bits per heavy atom. The van der Waals surface area contributed by atoms with E-state index in [-0.39, 0.29) is 23.7 Å². The van der Waals surface area contributed by atoms with Gasteiger partial charge in [-0.15, -0.1) is 10.2 Å². The van der Waals surface area contributed by atoms with Crippen molar-refractivity contribution in [2.24, 2.45) is 5.92 Å². The van der Waals surface area contributed by atoms with Crippen molar-refractivity contribution < 1.29 is 9.59 Å². The van der Waals surface area contributed by atoms with Gasteiger partial charge in [-0.25, -0.2) is 4.79 Å². The van der Waals surface area contributed by atoms with Gasteiger partial charge in [0.05, 0.1) is 0 Å². The van der Waals surface area contributed by atoms with Crippen LogP contribution in [0.2, 0.25) is 0 Å². The van der Waals surface area contributed by atoms with Crippen molar-refractivity contribution in [3.05, 3.63) is 58.1 Å². The molecule has 1 aromatic heterocycles. The average Bonchev–Trinajstić information content (AvgIpc) is 3.30. The average molecular weight is 573 g/mol. The van der Waals surface area contributed by atoms with Crippen LogP contribution in [0.4, 0.5) is 15.6 Å². The first-order valence-electron chi connectivity index (χ1n) is 12.2. The summed E-state index contributed by atoms with van der Waals surface area (Å²) in [5.74, 6) is 0.0775. The maximum absolute atomic E-state index is 13.2. The SMILES string of the molecule is CCC(C)C(NC(=O)Nc1c(C(C)C)cccc1C(C)C)C(=O)Nc1nnc(-c2ccc(Br)cc2)s1. The first kappa shape index (κ1) is 27.8. The van der Waals surface area contributed by atoms with Gasteiger partial charge in [0, 0.05) is 15.7 Å². The zero-order chi connectivity index (χ0) is 26.4. The summed E-state index contributed by atoms with van der Waals surface area (Å²) in [4.78, 5) is 26.4. The van der Waals surface area contributed by atoms with Gasteiger partial charge in [-0.2, -0.15) is 0 Å². The maximum Gasteiger partial charge on any atom is 0.319 e. The van der Waals surface area contributed by atoms with E-state index in [1.54, 1.807) is 0 Å². The van der Waals surface area contributed by atoms with Gasteiger partial charge in [0.25, 0.3) is 0 Å². The third-order valence-electron chi connectivity index (χ3n) is 6.14. The molecule has 0 bridgehead atoms. The summed E-state index contributed by atoms with van der Waals surface area (Å²) in [6.45, 7) is 12.3. The summed E-state index contributed by atoms with van der Waals surface area (Å²) >= 11 is 4.72. The van der Waals surface area contributed by atoms with E-state index in [0.717, 1.165) is 33.3 Å². The molecule has 0 spiro atoms. The monoisotopic (exact) mass is 571 g/mol. The number of amides is 3. The normalized spacial score (nSPS) is 12.9. The lowest BCUT2D eigenvalue weighted by atomic mass is 9.92. The van der Waals surface area contributed by atoms with Gasteiger partial charge in [0.1, 0.15) is 11.0 Å². The summed E-state index contributed by atoms with van der Waals surface area (Å²) < 4.78 is 0.974. The molecule has 3 aromatic rings. The number of anilines is 2. The molecule has 0 fully saturated rings. The van der Waals surface area contributed by atoms with E-state index in [1.807, 2.05) is 56.3 Å². The number of rotatable bonds is 9. The number of hydrogen-bond donors (Lipinski definition) is 3. The van der Waals surface area contributed by atoms with Crippen LogP contribution >= 0.6 is 27.3 Å². The molecule has 0 aliphatic carbocycles. The number of aromatic nitrogens is 2. The summed E-state index contributed by atoms with van der Waals surface area (Å²) in [6, 6.07) is 12.7. The van der Waals surface area contributed by atoms with Crippen molar-refractivity contribution >= 4 is 50.0 Å². The van der Waals surface area contributed by atoms with Gasteiger partial charge in [-0.05, 0) is 41.0 Å². The number of benzene rings is 2. The first-order valence-corrected chi connectivity index (χ1v) is 13.8. The second kappa shape index (κ2) is 12.5. The van der Waals surface area contributed by atoms with E-state index < -0.39 is 12.1 Å². The molecule has 0 aliphatic rings. The third kappa shape index (κ3) is 6.91. The van der Waals surface area contributed by atoms with Crippen LogP contribution in [0.3, 0.4) is 0 Å². The van der Waals surface area contributed by atoms with E-state index in [2.05, 4.69) is 69.8 Å². The topological polar surface area (TPSA) is 96.0 Å². The highest BCUT2D eigenvalue weighted by atomic mass is 79.9. The van der Waals surface area contributed by atoms with E-state index in [9.17, 15) is 9.59 Å². The Balaban J connectivity index is 1.76. The third-order valence-corrected chi connectivity index (χ3v) is 7.56. The van der Waals surface area contributed by atoms with Crippen molar-refractivity contribution in [3.63, 3.8) is 0 Å². The van der Waals surface area contributed by atoms with Crippen LogP contribution in [-0.4, -0.2) is 28.2 Å². The number of nitrogens with one attached hydrogen (secondary N) is 3. The summed E-state index contributed by atoms with van der Waals surface area (Å²) in [7, 11) is 0. The molecule has 3 N–H and O–H groups in total. The van der Waals surface area contributed by atoms with Crippen LogP contribution < -0.4 is 16.0 Å². The number of hydrogen-bond acceptors (Lipinski definition) is 5. The van der Waals surface area contributed by atoms with Gasteiger partial charge in [0.15, 0.2) is 0 Å². The molecule has 0 saturated heterocycles. The zero-order valence-electron chi connectivity index (χ0n) is 21.6. The molecule has 2 atom stereocenters. The predicted octanol–water partition coefficient (Wildman–Crippen LogP) is 7.39. The number of nitrogens with zero attached hydrogens (tertiary/aromatic N) is 2. The molecule has 0 aliphatic heterocycles. The highest BCUT2D eigenvalue weighted by Gasteiger charge is 2.28. The molecule has 0 saturated carbocycles. The van der Waals surface area contributed by atoms with Crippen LogP contribution in [-0.2, 0) is 4.79 Å². The predicted molar refractivity (Wildman–Crippen MR) is 152 cm³/mol. The lowest BCUT2D eigenvalue weighted by Crippen LogP contribution is -2.49. The van der Waals surface area contributed by atoms with Crippen LogP contribution in [0, 0.1) is 5.92 Å².